The fraction of sp³-hybridized carbons (Fsp3) is 0.800. The van der Waals surface area contributed by atoms with Gasteiger partial charge < -0.3 is 6.42 Å². The van der Waals surface area contributed by atoms with E-state index in [1.54, 1.807) is 0 Å². The van der Waals surface area contributed by atoms with E-state index in [2.05, 4.69) is 6.42 Å². The summed E-state index contributed by atoms with van der Waals surface area (Å²) >= 11 is 0. The molecule has 0 heterocycles. The average Bonchev–Trinajstić information content (AvgIpc) is 1.76. The molecule has 1 fully saturated rings. The minimum absolute atomic E-state index is 0. The van der Waals surface area contributed by atoms with Crippen molar-refractivity contribution in [3.63, 3.8) is 0 Å². The molecule has 0 aromatic rings. The van der Waals surface area contributed by atoms with Crippen LogP contribution in [0.25, 0.3) is 0 Å². The molecule has 6 heavy (non-hydrogen) atoms. The van der Waals surface area contributed by atoms with Crippen LogP contribution in [0.5, 0.6) is 0 Å². The first-order valence-electron chi connectivity index (χ1n) is 2.32. The van der Waals surface area contributed by atoms with Gasteiger partial charge in [-0.1, -0.05) is 12.8 Å². The summed E-state index contributed by atoms with van der Waals surface area (Å²) in [6, 6.07) is 0. The summed E-state index contributed by atoms with van der Waals surface area (Å²) in [5.74, 6) is 0. The van der Waals surface area contributed by atoms with Crippen LogP contribution < -0.4 is 29.6 Å². The van der Waals surface area contributed by atoms with Crippen LogP contribution in [0.1, 0.15) is 25.7 Å². The Morgan fingerprint density at radius 1 is 1.00 bits per heavy atom. The zero-order valence-corrected chi connectivity index (χ0v) is 6.41. The molecule has 0 amide bonds. The molecule has 1 rings (SSSR count). The van der Waals surface area contributed by atoms with Gasteiger partial charge in [-0.15, -0.1) is 0 Å². The molecule has 0 radical (unpaired) electrons. The van der Waals surface area contributed by atoms with Crippen LogP contribution in [0.15, 0.2) is 0 Å². The summed E-state index contributed by atoms with van der Waals surface area (Å²) in [6.07, 6.45) is 8.00. The van der Waals surface area contributed by atoms with Gasteiger partial charge in [0.1, 0.15) is 0 Å². The summed E-state index contributed by atoms with van der Waals surface area (Å²) in [5, 5.41) is 0. The molecule has 0 nitrogen and oxygen atoms in total. The van der Waals surface area contributed by atoms with Crippen LogP contribution in [0.2, 0.25) is 0 Å². The van der Waals surface area contributed by atoms with Gasteiger partial charge in [-0.25, -0.2) is 0 Å². The van der Waals surface area contributed by atoms with Crippen molar-refractivity contribution in [2.45, 2.75) is 25.7 Å². The Labute approximate surface area is 61.6 Å². The van der Waals surface area contributed by atoms with Gasteiger partial charge in [-0.05, 0) is 0 Å². The van der Waals surface area contributed by atoms with Crippen molar-refractivity contribution in [1.82, 2.24) is 0 Å². The van der Waals surface area contributed by atoms with Gasteiger partial charge in [-0.3, -0.25) is 0 Å². The van der Waals surface area contributed by atoms with Crippen molar-refractivity contribution in [1.29, 1.82) is 0 Å². The molecule has 0 aliphatic heterocycles. The summed E-state index contributed by atoms with van der Waals surface area (Å²) in [6.45, 7) is 0. The van der Waals surface area contributed by atoms with Crippen molar-refractivity contribution in [2.24, 2.45) is 0 Å². The third-order valence-corrected chi connectivity index (χ3v) is 1.07. The molecule has 0 bridgehead atoms. The maximum Gasteiger partial charge on any atom is 1.00 e. The molecule has 0 aromatic carbocycles. The van der Waals surface area contributed by atoms with E-state index in [1.165, 1.54) is 25.7 Å². The second-order valence-corrected chi connectivity index (χ2v) is 1.57. The SMILES string of the molecule is [CH-]1CCCC1.[Na+]. The second-order valence-electron chi connectivity index (χ2n) is 1.57. The summed E-state index contributed by atoms with van der Waals surface area (Å²) in [7, 11) is 0. The van der Waals surface area contributed by atoms with Gasteiger partial charge >= 0.3 is 29.6 Å². The fourth-order valence-electron chi connectivity index (χ4n) is 0.722. The van der Waals surface area contributed by atoms with Crippen LogP contribution >= 0.6 is 0 Å². The first kappa shape index (κ1) is 7.00. The van der Waals surface area contributed by atoms with Gasteiger partial charge in [0, 0.05) is 0 Å². The molecule has 1 saturated carbocycles. The number of rotatable bonds is 0. The van der Waals surface area contributed by atoms with Crippen LogP contribution in [-0.2, 0) is 0 Å². The Morgan fingerprint density at radius 3 is 1.67 bits per heavy atom. The van der Waals surface area contributed by atoms with E-state index in [0.717, 1.165) is 0 Å². The van der Waals surface area contributed by atoms with Crippen molar-refractivity contribution in [3.8, 4) is 0 Å². The molecule has 0 unspecified atom stereocenters. The predicted molar refractivity (Wildman–Crippen MR) is 22.8 cm³/mol. The van der Waals surface area contributed by atoms with Gasteiger partial charge in [0.25, 0.3) is 0 Å². The fourth-order valence-corrected chi connectivity index (χ4v) is 0.722. The average molecular weight is 92.1 g/mol. The molecule has 0 atom stereocenters. The Hall–Kier alpha value is 1.00. The van der Waals surface area contributed by atoms with Crippen LogP contribution in [0, 0.1) is 6.42 Å². The van der Waals surface area contributed by atoms with E-state index in [4.69, 9.17) is 0 Å². The molecule has 0 saturated heterocycles. The quantitative estimate of drug-likeness (QED) is 0.259. The standard InChI is InChI=1S/C5H9.Na/c1-2-4-5-3-1;/h1H,2-5H2;/q-1;+1. The number of hydrogen-bond acceptors (Lipinski definition) is 0. The Bertz CT molecular complexity index is 15.5. The molecular weight excluding hydrogens is 83.0 g/mol. The van der Waals surface area contributed by atoms with Gasteiger partial charge in [-0.2, -0.15) is 12.8 Å². The van der Waals surface area contributed by atoms with Crippen LogP contribution in [-0.4, -0.2) is 0 Å². The monoisotopic (exact) mass is 92.1 g/mol. The molecule has 0 aromatic heterocycles. The van der Waals surface area contributed by atoms with E-state index in [9.17, 15) is 0 Å². The largest absolute Gasteiger partial charge is 1.00 e. The molecule has 0 N–H and O–H groups in total. The predicted octanol–water partition coefficient (Wildman–Crippen LogP) is -1.23. The van der Waals surface area contributed by atoms with Gasteiger partial charge in [0.2, 0.25) is 0 Å². The molecule has 0 spiro atoms. The number of hydrogen-bond donors (Lipinski definition) is 0. The minimum Gasteiger partial charge on any atom is -0.328 e. The van der Waals surface area contributed by atoms with Crippen molar-refractivity contribution < 1.29 is 29.6 Å². The molecule has 1 aliphatic rings. The van der Waals surface area contributed by atoms with Crippen LogP contribution in [0.3, 0.4) is 0 Å². The van der Waals surface area contributed by atoms with Gasteiger partial charge in [0.05, 0.1) is 0 Å². The van der Waals surface area contributed by atoms with E-state index < -0.39 is 0 Å². The summed E-state index contributed by atoms with van der Waals surface area (Å²) in [4.78, 5) is 0. The first-order valence-corrected chi connectivity index (χ1v) is 2.32. The third-order valence-electron chi connectivity index (χ3n) is 1.07. The smallest absolute Gasteiger partial charge is 0.328 e. The van der Waals surface area contributed by atoms with Crippen molar-refractivity contribution >= 4 is 0 Å². The van der Waals surface area contributed by atoms with E-state index in [0.29, 0.717) is 0 Å². The Kier molecular flexibility index (Phi) is 4.86. The van der Waals surface area contributed by atoms with E-state index in [-0.39, 0.29) is 29.6 Å². The molecule has 1 heteroatoms. The summed E-state index contributed by atoms with van der Waals surface area (Å²) in [5.41, 5.74) is 0. The van der Waals surface area contributed by atoms with E-state index >= 15 is 0 Å². The topological polar surface area (TPSA) is 0 Å². The zero-order valence-electron chi connectivity index (χ0n) is 4.41. The summed E-state index contributed by atoms with van der Waals surface area (Å²) < 4.78 is 0. The Morgan fingerprint density at radius 2 is 1.50 bits per heavy atom. The molecular formula is C5H9Na. The van der Waals surface area contributed by atoms with E-state index in [1.807, 2.05) is 0 Å². The zero-order chi connectivity index (χ0) is 3.54. The molecule has 30 valence electrons. The second kappa shape index (κ2) is 4.17. The maximum absolute atomic E-state index is 2.36. The maximum atomic E-state index is 2.36. The minimum atomic E-state index is 0. The first-order chi connectivity index (χ1) is 2.50. The normalized spacial score (nSPS) is 20.0. The van der Waals surface area contributed by atoms with Crippen molar-refractivity contribution in [2.75, 3.05) is 0 Å². The Balaban J connectivity index is 0.000000250. The van der Waals surface area contributed by atoms with Crippen LogP contribution in [0.4, 0.5) is 0 Å². The van der Waals surface area contributed by atoms with Gasteiger partial charge in [0.15, 0.2) is 0 Å². The van der Waals surface area contributed by atoms with Crippen molar-refractivity contribution in [3.05, 3.63) is 6.42 Å². The molecule has 1 aliphatic carbocycles. The third kappa shape index (κ3) is 2.22.